The first-order valence-corrected chi connectivity index (χ1v) is 11.4. The number of ether oxygens (including phenoxy) is 1. The minimum Gasteiger partial charge on any atom is -0.466 e. The zero-order valence-corrected chi connectivity index (χ0v) is 18.3. The average Bonchev–Trinajstić information content (AvgIpc) is 2.65. The standard InChI is InChI=1S/C24H44O3/c1-4-6-7-10-14-19-24(26)20-15-12-9-8-11-13-17-23(5-2)18-16-21-27-22(3)25/h13,17,23H,4-12,14-16,18-21H2,1-3H3/b17-13+. The maximum Gasteiger partial charge on any atom is 0.302 e. The monoisotopic (exact) mass is 380 g/mol. The fraction of sp³-hybridized carbons (Fsp3) is 0.833. The summed E-state index contributed by atoms with van der Waals surface area (Å²) in [5, 5.41) is 0. The molecule has 0 heterocycles. The van der Waals surface area contributed by atoms with Crippen LogP contribution in [-0.4, -0.2) is 18.4 Å². The van der Waals surface area contributed by atoms with E-state index in [1.54, 1.807) is 0 Å². The largest absolute Gasteiger partial charge is 0.466 e. The normalized spacial score (nSPS) is 12.4. The van der Waals surface area contributed by atoms with Crippen LogP contribution >= 0.6 is 0 Å². The van der Waals surface area contributed by atoms with Gasteiger partial charge in [0, 0.05) is 19.8 Å². The summed E-state index contributed by atoms with van der Waals surface area (Å²) in [6, 6.07) is 0. The number of hydrogen-bond donors (Lipinski definition) is 0. The predicted molar refractivity (Wildman–Crippen MR) is 115 cm³/mol. The van der Waals surface area contributed by atoms with Crippen molar-refractivity contribution in [1.29, 1.82) is 0 Å². The van der Waals surface area contributed by atoms with Crippen molar-refractivity contribution in [3.05, 3.63) is 12.2 Å². The first-order chi connectivity index (χ1) is 13.1. The number of esters is 1. The van der Waals surface area contributed by atoms with Gasteiger partial charge in [-0.05, 0) is 50.9 Å². The van der Waals surface area contributed by atoms with Crippen molar-refractivity contribution < 1.29 is 14.3 Å². The number of ketones is 1. The molecule has 3 heteroatoms. The van der Waals surface area contributed by atoms with E-state index in [1.807, 2.05) is 0 Å². The fourth-order valence-corrected chi connectivity index (χ4v) is 3.28. The van der Waals surface area contributed by atoms with Gasteiger partial charge in [-0.25, -0.2) is 0 Å². The lowest BCUT2D eigenvalue weighted by atomic mass is 9.99. The second-order valence-corrected chi connectivity index (χ2v) is 7.73. The molecule has 0 rings (SSSR count). The molecule has 0 fully saturated rings. The van der Waals surface area contributed by atoms with Gasteiger partial charge in [0.25, 0.3) is 0 Å². The van der Waals surface area contributed by atoms with Crippen LogP contribution in [0.3, 0.4) is 0 Å². The highest BCUT2D eigenvalue weighted by atomic mass is 16.5. The fourth-order valence-electron chi connectivity index (χ4n) is 3.28. The van der Waals surface area contributed by atoms with E-state index in [0.29, 0.717) is 18.3 Å². The van der Waals surface area contributed by atoms with Crippen molar-refractivity contribution in [2.45, 2.75) is 117 Å². The molecule has 0 aliphatic heterocycles. The molecule has 3 nitrogen and oxygen atoms in total. The molecule has 27 heavy (non-hydrogen) atoms. The third-order valence-corrected chi connectivity index (χ3v) is 5.09. The third-order valence-electron chi connectivity index (χ3n) is 5.09. The number of carbonyl (C=O) groups excluding carboxylic acids is 2. The molecule has 0 saturated carbocycles. The average molecular weight is 381 g/mol. The number of Topliss-reactive ketones (excluding diaryl/α,β-unsaturated/α-hetero) is 1. The minimum atomic E-state index is -0.188. The molecule has 0 N–H and O–H groups in total. The number of hydrogen-bond acceptors (Lipinski definition) is 3. The Balaban J connectivity index is 3.51. The molecule has 1 unspecified atom stereocenters. The number of carbonyl (C=O) groups is 2. The van der Waals surface area contributed by atoms with Crippen LogP contribution in [-0.2, 0) is 14.3 Å². The lowest BCUT2D eigenvalue weighted by Crippen LogP contribution is -2.03. The van der Waals surface area contributed by atoms with Crippen LogP contribution in [0.25, 0.3) is 0 Å². The smallest absolute Gasteiger partial charge is 0.302 e. The minimum absolute atomic E-state index is 0.188. The molecule has 0 bridgehead atoms. The van der Waals surface area contributed by atoms with Gasteiger partial charge in [0.1, 0.15) is 5.78 Å². The van der Waals surface area contributed by atoms with Gasteiger partial charge >= 0.3 is 5.97 Å². The van der Waals surface area contributed by atoms with Crippen LogP contribution < -0.4 is 0 Å². The molecule has 158 valence electrons. The zero-order valence-electron chi connectivity index (χ0n) is 18.3. The Labute approximate surface area is 168 Å². The second-order valence-electron chi connectivity index (χ2n) is 7.73. The number of unbranched alkanes of at least 4 members (excludes halogenated alkanes) is 8. The molecule has 0 aliphatic rings. The van der Waals surface area contributed by atoms with Crippen LogP contribution in [0.2, 0.25) is 0 Å². The van der Waals surface area contributed by atoms with Crippen molar-refractivity contribution in [1.82, 2.24) is 0 Å². The Bertz CT molecular complexity index is 387. The van der Waals surface area contributed by atoms with Crippen molar-refractivity contribution >= 4 is 11.8 Å². The molecule has 0 aromatic heterocycles. The lowest BCUT2D eigenvalue weighted by molar-refractivity contribution is -0.141. The first-order valence-electron chi connectivity index (χ1n) is 11.4. The van der Waals surface area contributed by atoms with Crippen LogP contribution in [0.4, 0.5) is 0 Å². The van der Waals surface area contributed by atoms with Crippen LogP contribution in [0, 0.1) is 5.92 Å². The van der Waals surface area contributed by atoms with Gasteiger partial charge in [0.15, 0.2) is 0 Å². The van der Waals surface area contributed by atoms with Crippen LogP contribution in [0.15, 0.2) is 12.2 Å². The molecule has 0 aromatic rings. The summed E-state index contributed by atoms with van der Waals surface area (Å²) < 4.78 is 4.98. The van der Waals surface area contributed by atoms with E-state index < -0.39 is 0 Å². The molecule has 0 spiro atoms. The van der Waals surface area contributed by atoms with Crippen LogP contribution in [0.1, 0.15) is 117 Å². The molecular formula is C24H44O3. The van der Waals surface area contributed by atoms with E-state index >= 15 is 0 Å². The van der Waals surface area contributed by atoms with E-state index in [9.17, 15) is 9.59 Å². The van der Waals surface area contributed by atoms with E-state index in [4.69, 9.17) is 4.74 Å². The highest BCUT2D eigenvalue weighted by Crippen LogP contribution is 2.15. The molecular weight excluding hydrogens is 336 g/mol. The van der Waals surface area contributed by atoms with Crippen LogP contribution in [0.5, 0.6) is 0 Å². The van der Waals surface area contributed by atoms with Gasteiger partial charge in [0.2, 0.25) is 0 Å². The van der Waals surface area contributed by atoms with Gasteiger partial charge in [-0.3, -0.25) is 9.59 Å². The van der Waals surface area contributed by atoms with Gasteiger partial charge in [-0.15, -0.1) is 0 Å². The van der Waals surface area contributed by atoms with Crippen molar-refractivity contribution in [3.8, 4) is 0 Å². The SMILES string of the molecule is CCCCCCCC(=O)CCCCCC/C=C/C(CC)CCCOC(C)=O. The quantitative estimate of drug-likeness (QED) is 0.135. The number of allylic oxidation sites excluding steroid dienone is 2. The molecule has 1 atom stereocenters. The van der Waals surface area contributed by atoms with Gasteiger partial charge in [-0.2, -0.15) is 0 Å². The second kappa shape index (κ2) is 19.6. The van der Waals surface area contributed by atoms with E-state index in [2.05, 4.69) is 26.0 Å². The Kier molecular flexibility index (Phi) is 18.8. The Morgan fingerprint density at radius 3 is 2.07 bits per heavy atom. The highest BCUT2D eigenvalue weighted by Gasteiger charge is 2.03. The third kappa shape index (κ3) is 19.4. The molecule has 0 aliphatic carbocycles. The van der Waals surface area contributed by atoms with E-state index in [0.717, 1.165) is 51.4 Å². The van der Waals surface area contributed by atoms with E-state index in [-0.39, 0.29) is 5.97 Å². The van der Waals surface area contributed by atoms with Crippen molar-refractivity contribution in [3.63, 3.8) is 0 Å². The Morgan fingerprint density at radius 1 is 0.852 bits per heavy atom. The Hall–Kier alpha value is -1.12. The lowest BCUT2D eigenvalue weighted by Gasteiger charge is -2.09. The summed E-state index contributed by atoms with van der Waals surface area (Å²) in [6.07, 6.45) is 21.3. The molecule has 0 saturated heterocycles. The summed E-state index contributed by atoms with van der Waals surface area (Å²) in [5.41, 5.74) is 0. The summed E-state index contributed by atoms with van der Waals surface area (Å²) >= 11 is 0. The number of rotatable bonds is 19. The van der Waals surface area contributed by atoms with Gasteiger partial charge < -0.3 is 4.74 Å². The van der Waals surface area contributed by atoms with E-state index in [1.165, 1.54) is 51.9 Å². The molecule has 0 aromatic carbocycles. The van der Waals surface area contributed by atoms with Gasteiger partial charge in [0.05, 0.1) is 6.61 Å². The topological polar surface area (TPSA) is 43.4 Å². The summed E-state index contributed by atoms with van der Waals surface area (Å²) in [5.74, 6) is 0.869. The highest BCUT2D eigenvalue weighted by molar-refractivity contribution is 5.78. The van der Waals surface area contributed by atoms with Gasteiger partial charge in [-0.1, -0.05) is 64.5 Å². The Morgan fingerprint density at radius 2 is 1.48 bits per heavy atom. The van der Waals surface area contributed by atoms with Crippen molar-refractivity contribution in [2.24, 2.45) is 5.92 Å². The summed E-state index contributed by atoms with van der Waals surface area (Å²) in [4.78, 5) is 22.6. The van der Waals surface area contributed by atoms with Crippen molar-refractivity contribution in [2.75, 3.05) is 6.61 Å². The summed E-state index contributed by atoms with van der Waals surface area (Å²) in [6.45, 7) is 6.43. The first kappa shape index (κ1) is 25.9. The maximum absolute atomic E-state index is 11.8. The zero-order chi connectivity index (χ0) is 20.2. The maximum atomic E-state index is 11.8. The molecule has 0 amide bonds. The predicted octanol–water partition coefficient (Wildman–Crippen LogP) is 7.18. The molecule has 0 radical (unpaired) electrons. The summed E-state index contributed by atoms with van der Waals surface area (Å²) in [7, 11) is 0.